The van der Waals surface area contributed by atoms with Crippen molar-refractivity contribution < 1.29 is 32.2 Å². The van der Waals surface area contributed by atoms with E-state index in [1.807, 2.05) is 0 Å². The predicted molar refractivity (Wildman–Crippen MR) is 141 cm³/mol. The molecule has 1 aromatic heterocycles. The van der Waals surface area contributed by atoms with Crippen molar-refractivity contribution in [2.24, 2.45) is 11.5 Å². The molecule has 1 aliphatic rings. The van der Waals surface area contributed by atoms with Crippen LogP contribution in [0.1, 0.15) is 34.6 Å². The van der Waals surface area contributed by atoms with Crippen LogP contribution in [0.3, 0.4) is 0 Å². The highest BCUT2D eigenvalue weighted by Crippen LogP contribution is 2.29. The van der Waals surface area contributed by atoms with Gasteiger partial charge in [-0.3, -0.25) is 9.78 Å². The van der Waals surface area contributed by atoms with E-state index in [9.17, 15) is 22.8 Å². The molecule has 0 radical (unpaired) electrons. The number of rotatable bonds is 11. The van der Waals surface area contributed by atoms with Gasteiger partial charge in [-0.15, -0.1) is 0 Å². The Morgan fingerprint density at radius 2 is 1.65 bits per heavy atom. The number of carbonyl (C=O) groups excluding carboxylic acids is 2. The fraction of sp³-hybridized carbons (Fsp3) is 0.345. The number of halogens is 3. The van der Waals surface area contributed by atoms with E-state index < -0.39 is 35.5 Å². The minimum absolute atomic E-state index is 0.0877. The van der Waals surface area contributed by atoms with Crippen LogP contribution in [0.25, 0.3) is 0 Å². The number of Topliss-reactive ketones (excluding diaryl/α,β-unsaturated/α-hetero) is 1. The van der Waals surface area contributed by atoms with E-state index in [1.165, 1.54) is 54.7 Å². The average molecular weight is 557 g/mol. The number of hydrogen-bond donors (Lipinski definition) is 3. The first-order chi connectivity index (χ1) is 19.2. The van der Waals surface area contributed by atoms with Gasteiger partial charge >= 0.3 is 6.09 Å². The van der Waals surface area contributed by atoms with Crippen LogP contribution >= 0.6 is 0 Å². The zero-order chi connectivity index (χ0) is 28.6. The number of benzene rings is 2. The number of hydrogen-bond acceptors (Lipinski definition) is 7. The molecular weight excluding hydrogens is 525 g/mol. The first-order valence-electron chi connectivity index (χ1n) is 12.9. The van der Waals surface area contributed by atoms with Gasteiger partial charge in [0.15, 0.2) is 5.78 Å². The molecule has 0 bridgehead atoms. The number of aromatic nitrogens is 1. The van der Waals surface area contributed by atoms with Crippen molar-refractivity contribution >= 4 is 11.9 Å². The molecule has 2 aromatic carbocycles. The monoisotopic (exact) mass is 556 g/mol. The quantitative estimate of drug-likeness (QED) is 0.331. The summed E-state index contributed by atoms with van der Waals surface area (Å²) in [5.74, 6) is -2.47. The second-order valence-electron chi connectivity index (χ2n) is 9.74. The van der Waals surface area contributed by atoms with Crippen LogP contribution in [0.15, 0.2) is 60.9 Å². The SMILES string of the molecule is NC(=O)OC[C@@H]1CO[C@H](CCc2c(F)cncc2CC(=O)[C@@H](N)C(c2ccc(F)cc2)c2ccc(F)cc2)CN1. The maximum absolute atomic E-state index is 14.9. The number of nitrogens with two attached hydrogens (primary N) is 2. The van der Waals surface area contributed by atoms with E-state index in [-0.39, 0.29) is 31.0 Å². The first-order valence-corrected chi connectivity index (χ1v) is 12.9. The second kappa shape index (κ2) is 13.5. The summed E-state index contributed by atoms with van der Waals surface area (Å²) in [6, 6.07) is 9.97. The molecule has 0 unspecified atom stereocenters. The molecule has 0 aliphatic carbocycles. The lowest BCUT2D eigenvalue weighted by Crippen LogP contribution is -2.49. The summed E-state index contributed by atoms with van der Waals surface area (Å²) in [6.45, 7) is 0.852. The highest BCUT2D eigenvalue weighted by atomic mass is 19.1. The summed E-state index contributed by atoms with van der Waals surface area (Å²) >= 11 is 0. The van der Waals surface area contributed by atoms with Crippen molar-refractivity contribution in [1.82, 2.24) is 10.3 Å². The molecule has 0 spiro atoms. The maximum atomic E-state index is 14.9. The van der Waals surface area contributed by atoms with Gasteiger partial charge in [0.05, 0.1) is 31.0 Å². The average Bonchev–Trinajstić information content (AvgIpc) is 2.94. The lowest BCUT2D eigenvalue weighted by atomic mass is 9.82. The van der Waals surface area contributed by atoms with Crippen molar-refractivity contribution in [2.75, 3.05) is 19.8 Å². The molecule has 1 fully saturated rings. The molecule has 1 aliphatic heterocycles. The topological polar surface area (TPSA) is 130 Å². The molecule has 11 heteroatoms. The van der Waals surface area contributed by atoms with E-state index in [4.69, 9.17) is 20.9 Å². The third-order valence-electron chi connectivity index (χ3n) is 6.96. The number of nitrogens with zero attached hydrogens (tertiary/aromatic N) is 1. The summed E-state index contributed by atoms with van der Waals surface area (Å²) in [6.07, 6.45) is 2.06. The number of nitrogens with one attached hydrogen (secondary N) is 1. The van der Waals surface area contributed by atoms with E-state index in [1.54, 1.807) is 0 Å². The lowest BCUT2D eigenvalue weighted by Gasteiger charge is -2.30. The summed E-state index contributed by atoms with van der Waals surface area (Å²) in [4.78, 5) is 28.2. The third kappa shape index (κ3) is 7.65. The van der Waals surface area contributed by atoms with E-state index in [2.05, 4.69) is 10.3 Å². The molecule has 8 nitrogen and oxygen atoms in total. The Morgan fingerprint density at radius 3 is 2.20 bits per heavy atom. The van der Waals surface area contributed by atoms with E-state index >= 15 is 0 Å². The molecule has 40 heavy (non-hydrogen) atoms. The van der Waals surface area contributed by atoms with Crippen molar-refractivity contribution in [3.8, 4) is 0 Å². The normalized spacial score (nSPS) is 17.9. The zero-order valence-electron chi connectivity index (χ0n) is 21.7. The molecule has 4 rings (SSSR count). The van der Waals surface area contributed by atoms with Gasteiger partial charge in [0.2, 0.25) is 0 Å². The molecule has 0 saturated carbocycles. The summed E-state index contributed by atoms with van der Waals surface area (Å²) in [5.41, 5.74) is 13.4. The highest BCUT2D eigenvalue weighted by Gasteiger charge is 2.29. The Morgan fingerprint density at radius 1 is 1.02 bits per heavy atom. The van der Waals surface area contributed by atoms with Gasteiger partial charge in [-0.05, 0) is 59.4 Å². The van der Waals surface area contributed by atoms with E-state index in [0.717, 1.165) is 6.20 Å². The minimum Gasteiger partial charge on any atom is -0.448 e. The van der Waals surface area contributed by atoms with Crippen LogP contribution in [-0.4, -0.2) is 54.8 Å². The molecule has 212 valence electrons. The van der Waals surface area contributed by atoms with Gasteiger partial charge < -0.3 is 26.3 Å². The van der Waals surface area contributed by atoms with Crippen molar-refractivity contribution in [2.45, 2.75) is 43.4 Å². The van der Waals surface area contributed by atoms with E-state index in [0.29, 0.717) is 48.2 Å². The molecule has 3 atom stereocenters. The fourth-order valence-electron chi connectivity index (χ4n) is 4.82. The first kappa shape index (κ1) is 29.2. The third-order valence-corrected chi connectivity index (χ3v) is 6.96. The van der Waals surface area contributed by atoms with Gasteiger partial charge in [0, 0.05) is 25.1 Å². The molecule has 5 N–H and O–H groups in total. The Balaban J connectivity index is 1.45. The van der Waals surface area contributed by atoms with Gasteiger partial charge in [-0.25, -0.2) is 18.0 Å². The smallest absolute Gasteiger partial charge is 0.404 e. The number of pyridine rings is 1. The van der Waals surface area contributed by atoms with Crippen LogP contribution in [-0.2, 0) is 27.1 Å². The second-order valence-corrected chi connectivity index (χ2v) is 9.74. The molecule has 1 saturated heterocycles. The summed E-state index contributed by atoms with van der Waals surface area (Å²) < 4.78 is 52.7. The number of carbonyl (C=O) groups is 2. The van der Waals surface area contributed by atoms with Crippen molar-refractivity contribution in [1.29, 1.82) is 0 Å². The van der Waals surface area contributed by atoms with Gasteiger partial charge in [0.25, 0.3) is 0 Å². The molecule has 3 aromatic rings. The minimum atomic E-state index is -1.07. The van der Waals surface area contributed by atoms with Crippen LogP contribution in [0.5, 0.6) is 0 Å². The Bertz CT molecular complexity index is 1250. The standard InChI is InChI=1S/C29H31F3N4O4/c30-20-5-1-17(2-6-20)27(18-3-7-21(31)8-4-18)28(33)26(37)11-19-12-35-14-25(32)24(19)10-9-23-13-36-22(15-39-23)16-40-29(34)38/h1-8,12,14,22-23,27-28,36H,9-11,13,15-16,33H2,(H2,34,38)/t22-,23+,28+/m0/s1. The number of amides is 1. The van der Waals surface area contributed by atoms with Crippen LogP contribution in [0, 0.1) is 17.5 Å². The van der Waals surface area contributed by atoms with Gasteiger partial charge in [-0.1, -0.05) is 24.3 Å². The largest absolute Gasteiger partial charge is 0.448 e. The maximum Gasteiger partial charge on any atom is 0.404 e. The van der Waals surface area contributed by atoms with Crippen LogP contribution in [0.2, 0.25) is 0 Å². The van der Waals surface area contributed by atoms with Gasteiger partial charge in [0.1, 0.15) is 24.1 Å². The molecule has 1 amide bonds. The van der Waals surface area contributed by atoms with Gasteiger partial charge in [-0.2, -0.15) is 0 Å². The van der Waals surface area contributed by atoms with Crippen LogP contribution in [0.4, 0.5) is 18.0 Å². The Kier molecular flexibility index (Phi) is 9.86. The zero-order valence-corrected chi connectivity index (χ0v) is 21.7. The number of ether oxygens (including phenoxy) is 2. The Hall–Kier alpha value is -3.80. The van der Waals surface area contributed by atoms with Crippen molar-refractivity contribution in [3.63, 3.8) is 0 Å². The molecule has 2 heterocycles. The number of ketones is 1. The highest BCUT2D eigenvalue weighted by molar-refractivity contribution is 5.87. The Labute approximate surface area is 229 Å². The number of primary amides is 1. The predicted octanol–water partition coefficient (Wildman–Crippen LogP) is 3.15. The van der Waals surface area contributed by atoms with Crippen LogP contribution < -0.4 is 16.8 Å². The summed E-state index contributed by atoms with van der Waals surface area (Å²) in [7, 11) is 0. The molecular formula is C29H31F3N4O4. The number of morpholine rings is 1. The fourth-order valence-corrected chi connectivity index (χ4v) is 4.82. The lowest BCUT2D eigenvalue weighted by molar-refractivity contribution is -0.119. The van der Waals surface area contributed by atoms with Crippen molar-refractivity contribution in [3.05, 3.63) is 101 Å². The summed E-state index contributed by atoms with van der Waals surface area (Å²) in [5, 5.41) is 3.21.